The normalized spacial score (nSPS) is 13.8. The molecule has 6 heteroatoms. The maximum atomic E-state index is 12.3. The van der Waals surface area contributed by atoms with E-state index in [1.165, 1.54) is 0 Å². The highest BCUT2D eigenvalue weighted by Crippen LogP contribution is 2.17. The summed E-state index contributed by atoms with van der Waals surface area (Å²) in [5.74, 6) is 0.402. The first-order valence-electron chi connectivity index (χ1n) is 8.00. The summed E-state index contributed by atoms with van der Waals surface area (Å²) >= 11 is 0. The number of carbonyl (C=O) groups excluding carboxylic acids is 1. The quantitative estimate of drug-likeness (QED) is 0.858. The van der Waals surface area contributed by atoms with Crippen molar-refractivity contribution >= 4 is 15.7 Å². The predicted molar refractivity (Wildman–Crippen MR) is 97.4 cm³/mol. The van der Waals surface area contributed by atoms with Gasteiger partial charge in [0.05, 0.1) is 10.9 Å². The van der Waals surface area contributed by atoms with E-state index in [0.717, 1.165) is 17.4 Å². The van der Waals surface area contributed by atoms with Crippen molar-refractivity contribution in [1.82, 2.24) is 5.32 Å². The average molecular weight is 361 g/mol. The fourth-order valence-corrected chi connectivity index (χ4v) is 2.92. The Morgan fingerprint density at radius 1 is 1.00 bits per heavy atom. The second-order valence-electron chi connectivity index (χ2n) is 6.14. The van der Waals surface area contributed by atoms with Gasteiger partial charge in [0.25, 0.3) is 5.91 Å². The van der Waals surface area contributed by atoms with Crippen LogP contribution in [0.3, 0.4) is 0 Å². The largest absolute Gasteiger partial charge is 0.481 e. The van der Waals surface area contributed by atoms with E-state index in [2.05, 4.69) is 5.32 Å². The Labute approximate surface area is 148 Å². The zero-order chi connectivity index (χ0) is 18.6. The van der Waals surface area contributed by atoms with Crippen molar-refractivity contribution < 1.29 is 17.9 Å². The molecule has 0 aromatic heterocycles. The molecular weight excluding hydrogens is 338 g/mol. The van der Waals surface area contributed by atoms with Crippen molar-refractivity contribution in [2.45, 2.75) is 37.8 Å². The van der Waals surface area contributed by atoms with Gasteiger partial charge < -0.3 is 10.1 Å². The van der Waals surface area contributed by atoms with Crippen LogP contribution in [0.5, 0.6) is 5.75 Å². The first kappa shape index (κ1) is 19.0. The number of rotatable bonds is 6. The Bertz CT molecular complexity index is 827. The van der Waals surface area contributed by atoms with E-state index in [-0.39, 0.29) is 16.8 Å². The second-order valence-corrected chi connectivity index (χ2v) is 8.16. The number of hydrogen-bond acceptors (Lipinski definition) is 4. The summed E-state index contributed by atoms with van der Waals surface area (Å²) in [4.78, 5) is 12.5. The number of aryl methyl sites for hydroxylation is 1. The molecule has 0 aliphatic heterocycles. The third-order valence-corrected chi connectivity index (χ3v) is 5.00. The molecule has 0 aliphatic rings. The lowest BCUT2D eigenvalue weighted by atomic mass is 10.1. The van der Waals surface area contributed by atoms with Crippen LogP contribution in [-0.4, -0.2) is 26.7 Å². The van der Waals surface area contributed by atoms with Crippen LogP contribution in [0.15, 0.2) is 53.4 Å². The molecule has 1 amide bonds. The minimum absolute atomic E-state index is 0.236. The van der Waals surface area contributed by atoms with Gasteiger partial charge in [-0.1, -0.05) is 29.8 Å². The molecular formula is C19H23NO4S. The molecule has 0 fully saturated rings. The number of nitrogens with one attached hydrogen (secondary N) is 1. The lowest BCUT2D eigenvalue weighted by molar-refractivity contribution is -0.127. The SMILES string of the molecule is Cc1ccc(O[C@H](C)C(=O)N[C@H](C)c2ccc(S(C)(=O)=O)cc2)cc1. The third-order valence-electron chi connectivity index (χ3n) is 3.87. The zero-order valence-electron chi connectivity index (χ0n) is 14.8. The molecule has 0 heterocycles. The van der Waals surface area contributed by atoms with Crippen LogP contribution in [-0.2, 0) is 14.6 Å². The Morgan fingerprint density at radius 2 is 1.56 bits per heavy atom. The maximum absolute atomic E-state index is 12.3. The third kappa shape index (κ3) is 5.32. The van der Waals surface area contributed by atoms with E-state index in [1.54, 1.807) is 31.2 Å². The highest BCUT2D eigenvalue weighted by Gasteiger charge is 2.18. The number of ether oxygens (including phenoxy) is 1. The molecule has 2 atom stereocenters. The lowest BCUT2D eigenvalue weighted by Crippen LogP contribution is -2.37. The monoisotopic (exact) mass is 361 g/mol. The topological polar surface area (TPSA) is 72.5 Å². The smallest absolute Gasteiger partial charge is 0.261 e. The molecule has 25 heavy (non-hydrogen) atoms. The summed E-state index contributed by atoms with van der Waals surface area (Å²) < 4.78 is 28.6. The van der Waals surface area contributed by atoms with Gasteiger partial charge in [0.15, 0.2) is 15.9 Å². The molecule has 0 radical (unpaired) electrons. The number of sulfone groups is 1. The number of amides is 1. The molecule has 2 aromatic rings. The molecule has 2 aromatic carbocycles. The summed E-state index contributed by atoms with van der Waals surface area (Å²) in [6.07, 6.45) is 0.526. The van der Waals surface area contributed by atoms with Crippen molar-refractivity contribution in [1.29, 1.82) is 0 Å². The Hall–Kier alpha value is -2.34. The first-order valence-corrected chi connectivity index (χ1v) is 9.89. The summed E-state index contributed by atoms with van der Waals surface area (Å²) in [5.41, 5.74) is 1.94. The van der Waals surface area contributed by atoms with Crippen molar-refractivity contribution in [2.24, 2.45) is 0 Å². The minimum atomic E-state index is -3.23. The Morgan fingerprint density at radius 3 is 2.08 bits per heavy atom. The standard InChI is InChI=1S/C19H23NO4S/c1-13-5-9-17(10-6-13)24-15(3)19(21)20-14(2)16-7-11-18(12-8-16)25(4,22)23/h5-12,14-15H,1-4H3,(H,20,21)/t14-,15-/m1/s1. The highest BCUT2D eigenvalue weighted by molar-refractivity contribution is 7.90. The Balaban J connectivity index is 1.97. The summed E-state index contributed by atoms with van der Waals surface area (Å²) in [5, 5.41) is 2.87. The summed E-state index contributed by atoms with van der Waals surface area (Å²) in [6, 6.07) is 13.7. The van der Waals surface area contributed by atoms with Gasteiger partial charge in [-0.25, -0.2) is 8.42 Å². The molecule has 0 unspecified atom stereocenters. The van der Waals surface area contributed by atoms with E-state index in [4.69, 9.17) is 4.74 Å². The van der Waals surface area contributed by atoms with Gasteiger partial charge in [0.1, 0.15) is 5.75 Å². The van der Waals surface area contributed by atoms with E-state index in [9.17, 15) is 13.2 Å². The van der Waals surface area contributed by atoms with E-state index in [1.807, 2.05) is 38.1 Å². The van der Waals surface area contributed by atoms with Gasteiger partial charge in [-0.15, -0.1) is 0 Å². The number of carbonyl (C=O) groups is 1. The first-order chi connectivity index (χ1) is 11.7. The molecule has 0 bridgehead atoms. The lowest BCUT2D eigenvalue weighted by Gasteiger charge is -2.19. The van der Waals surface area contributed by atoms with Crippen LogP contribution in [0.2, 0.25) is 0 Å². The number of hydrogen-bond donors (Lipinski definition) is 1. The zero-order valence-corrected chi connectivity index (χ0v) is 15.6. The molecule has 134 valence electrons. The summed E-state index contributed by atoms with van der Waals surface area (Å²) in [6.45, 7) is 5.51. The van der Waals surface area contributed by atoms with Crippen molar-refractivity contribution in [3.05, 3.63) is 59.7 Å². The van der Waals surface area contributed by atoms with Crippen LogP contribution in [0.4, 0.5) is 0 Å². The van der Waals surface area contributed by atoms with Gasteiger partial charge >= 0.3 is 0 Å². The van der Waals surface area contributed by atoms with Gasteiger partial charge in [0.2, 0.25) is 0 Å². The molecule has 0 aliphatic carbocycles. The second kappa shape index (κ2) is 7.70. The van der Waals surface area contributed by atoms with E-state index in [0.29, 0.717) is 5.75 Å². The van der Waals surface area contributed by atoms with Crippen molar-refractivity contribution in [3.8, 4) is 5.75 Å². The van der Waals surface area contributed by atoms with Crippen molar-refractivity contribution in [2.75, 3.05) is 6.26 Å². The highest BCUT2D eigenvalue weighted by atomic mass is 32.2. The fourth-order valence-electron chi connectivity index (χ4n) is 2.29. The molecule has 1 N–H and O–H groups in total. The van der Waals surface area contributed by atoms with Crippen LogP contribution in [0, 0.1) is 6.92 Å². The molecule has 0 saturated heterocycles. The fraction of sp³-hybridized carbons (Fsp3) is 0.316. The van der Waals surface area contributed by atoms with Crippen LogP contribution in [0.25, 0.3) is 0 Å². The molecule has 2 rings (SSSR count). The van der Waals surface area contributed by atoms with Crippen molar-refractivity contribution in [3.63, 3.8) is 0 Å². The molecule has 5 nitrogen and oxygen atoms in total. The van der Waals surface area contributed by atoms with Crippen LogP contribution >= 0.6 is 0 Å². The molecule has 0 saturated carbocycles. The van der Waals surface area contributed by atoms with Crippen LogP contribution < -0.4 is 10.1 Å². The maximum Gasteiger partial charge on any atom is 0.261 e. The van der Waals surface area contributed by atoms with E-state index >= 15 is 0 Å². The van der Waals surface area contributed by atoms with Gasteiger partial charge in [-0.3, -0.25) is 4.79 Å². The number of benzene rings is 2. The van der Waals surface area contributed by atoms with Gasteiger partial charge in [0, 0.05) is 6.26 Å². The van der Waals surface area contributed by atoms with E-state index < -0.39 is 15.9 Å². The van der Waals surface area contributed by atoms with Gasteiger partial charge in [-0.05, 0) is 50.6 Å². The predicted octanol–water partition coefficient (Wildman–Crippen LogP) is 3.04. The Kier molecular flexibility index (Phi) is 5.85. The summed E-state index contributed by atoms with van der Waals surface area (Å²) in [7, 11) is -3.23. The van der Waals surface area contributed by atoms with Crippen LogP contribution in [0.1, 0.15) is 31.0 Å². The average Bonchev–Trinajstić information content (AvgIpc) is 2.56. The minimum Gasteiger partial charge on any atom is -0.481 e. The molecule has 0 spiro atoms. The van der Waals surface area contributed by atoms with Gasteiger partial charge in [-0.2, -0.15) is 0 Å².